The molecule has 0 aromatic heterocycles. The largest absolute Gasteiger partial charge is 0.496 e. The van der Waals surface area contributed by atoms with Crippen LogP contribution in [0.2, 0.25) is 0 Å². The topological polar surface area (TPSA) is 67.6 Å². The van der Waals surface area contributed by atoms with Crippen LogP contribution in [0.1, 0.15) is 29.0 Å². The predicted octanol–water partition coefficient (Wildman–Crippen LogP) is 4.51. The molecule has 0 spiro atoms. The Labute approximate surface area is 218 Å². The van der Waals surface area contributed by atoms with Crippen LogP contribution in [0.4, 0.5) is 0 Å². The van der Waals surface area contributed by atoms with Crippen LogP contribution >= 0.6 is 11.8 Å². The van der Waals surface area contributed by atoms with Crippen molar-refractivity contribution in [2.24, 2.45) is 17.6 Å². The van der Waals surface area contributed by atoms with Gasteiger partial charge >= 0.3 is 0 Å². The van der Waals surface area contributed by atoms with Crippen LogP contribution in [0, 0.1) is 11.8 Å². The average molecular weight is 502 g/mol. The van der Waals surface area contributed by atoms with E-state index in [1.807, 2.05) is 6.07 Å². The van der Waals surface area contributed by atoms with E-state index in [1.165, 1.54) is 16.0 Å². The van der Waals surface area contributed by atoms with Gasteiger partial charge in [-0.05, 0) is 54.5 Å². The van der Waals surface area contributed by atoms with Crippen molar-refractivity contribution in [1.82, 2.24) is 10.2 Å². The SMILES string of the molecule is COc1ccc(SC)cc1CNC1C2CCN(CC2C(N)=O)C1C(c1ccccc1)c1ccccc1. The summed E-state index contributed by atoms with van der Waals surface area (Å²) >= 11 is 1.73. The minimum absolute atomic E-state index is 0.109. The Morgan fingerprint density at radius 3 is 2.33 bits per heavy atom. The van der Waals surface area contributed by atoms with Crippen molar-refractivity contribution >= 4 is 17.7 Å². The highest BCUT2D eigenvalue weighted by atomic mass is 32.2. The number of ether oxygens (including phenoxy) is 1. The first-order valence-electron chi connectivity index (χ1n) is 12.7. The molecule has 3 fully saturated rings. The van der Waals surface area contributed by atoms with Gasteiger partial charge < -0.3 is 15.8 Å². The molecule has 0 radical (unpaired) electrons. The van der Waals surface area contributed by atoms with Crippen molar-refractivity contribution in [2.45, 2.75) is 35.9 Å². The minimum Gasteiger partial charge on any atom is -0.496 e. The number of benzene rings is 3. The van der Waals surface area contributed by atoms with Gasteiger partial charge in [0, 0.05) is 41.6 Å². The van der Waals surface area contributed by atoms with Crippen molar-refractivity contribution in [1.29, 1.82) is 0 Å². The number of hydrogen-bond donors (Lipinski definition) is 2. The zero-order chi connectivity index (χ0) is 25.1. The lowest BCUT2D eigenvalue weighted by Crippen LogP contribution is -2.68. The minimum atomic E-state index is -0.187. The molecule has 0 saturated carbocycles. The van der Waals surface area contributed by atoms with Crippen LogP contribution in [-0.4, -0.2) is 49.3 Å². The zero-order valence-electron chi connectivity index (χ0n) is 21.0. The summed E-state index contributed by atoms with van der Waals surface area (Å²) < 4.78 is 5.69. The Kier molecular flexibility index (Phi) is 7.65. The van der Waals surface area contributed by atoms with Crippen LogP contribution < -0.4 is 15.8 Å². The lowest BCUT2D eigenvalue weighted by Gasteiger charge is -2.56. The molecular formula is C30H35N3O2S. The van der Waals surface area contributed by atoms with E-state index in [9.17, 15) is 4.79 Å². The molecule has 188 valence electrons. The fourth-order valence-electron chi connectivity index (χ4n) is 6.32. The lowest BCUT2D eigenvalue weighted by molar-refractivity contribution is -0.132. The van der Waals surface area contributed by atoms with Gasteiger partial charge in [0.25, 0.3) is 0 Å². The Morgan fingerprint density at radius 2 is 1.75 bits per heavy atom. The number of primary amides is 1. The number of fused-ring (bicyclic) bond motifs is 3. The number of methoxy groups -OCH3 is 1. The molecule has 3 N–H and O–H groups in total. The molecule has 3 aromatic rings. The third-order valence-electron chi connectivity index (χ3n) is 7.99. The first-order valence-corrected chi connectivity index (χ1v) is 13.9. The molecule has 3 heterocycles. The molecule has 6 heteroatoms. The number of carbonyl (C=O) groups excluding carboxylic acids is 1. The number of hydrogen-bond acceptors (Lipinski definition) is 5. The highest BCUT2D eigenvalue weighted by Gasteiger charge is 2.51. The second-order valence-electron chi connectivity index (χ2n) is 9.83. The summed E-state index contributed by atoms with van der Waals surface area (Å²) in [4.78, 5) is 16.2. The van der Waals surface area contributed by atoms with Crippen LogP contribution in [-0.2, 0) is 11.3 Å². The van der Waals surface area contributed by atoms with Gasteiger partial charge in [-0.3, -0.25) is 9.69 Å². The summed E-state index contributed by atoms with van der Waals surface area (Å²) in [7, 11) is 1.72. The number of amides is 1. The Balaban J connectivity index is 1.54. The first-order chi connectivity index (χ1) is 17.6. The van der Waals surface area contributed by atoms with Crippen LogP contribution in [0.5, 0.6) is 5.75 Å². The third-order valence-corrected chi connectivity index (χ3v) is 8.71. The van der Waals surface area contributed by atoms with E-state index in [-0.39, 0.29) is 35.7 Å². The van der Waals surface area contributed by atoms with Gasteiger partial charge in [0.15, 0.2) is 0 Å². The highest BCUT2D eigenvalue weighted by Crippen LogP contribution is 2.44. The van der Waals surface area contributed by atoms with E-state index in [0.29, 0.717) is 6.54 Å². The van der Waals surface area contributed by atoms with Crippen LogP contribution in [0.15, 0.2) is 83.8 Å². The molecular weight excluding hydrogens is 466 g/mol. The molecule has 36 heavy (non-hydrogen) atoms. The summed E-state index contributed by atoms with van der Waals surface area (Å²) in [6, 6.07) is 28.2. The second kappa shape index (κ2) is 11.1. The Morgan fingerprint density at radius 1 is 1.08 bits per heavy atom. The molecule has 5 atom stereocenters. The molecule has 3 aromatic carbocycles. The van der Waals surface area contributed by atoms with E-state index in [2.05, 4.69) is 89.3 Å². The average Bonchev–Trinajstić information content (AvgIpc) is 2.93. The van der Waals surface area contributed by atoms with E-state index in [0.717, 1.165) is 30.8 Å². The number of nitrogens with zero attached hydrogens (tertiary/aromatic N) is 1. The van der Waals surface area contributed by atoms with Crippen molar-refractivity contribution in [2.75, 3.05) is 26.5 Å². The van der Waals surface area contributed by atoms with E-state index >= 15 is 0 Å². The number of piperidine rings is 3. The predicted molar refractivity (Wildman–Crippen MR) is 146 cm³/mol. The van der Waals surface area contributed by atoms with E-state index in [1.54, 1.807) is 18.9 Å². The van der Waals surface area contributed by atoms with Crippen molar-refractivity contribution in [3.05, 3.63) is 95.6 Å². The lowest BCUT2D eigenvalue weighted by atomic mass is 9.66. The summed E-state index contributed by atoms with van der Waals surface area (Å²) in [5.41, 5.74) is 9.66. The molecule has 5 unspecified atom stereocenters. The first kappa shape index (κ1) is 24.9. The number of nitrogens with two attached hydrogens (primary N) is 1. The van der Waals surface area contributed by atoms with E-state index < -0.39 is 0 Å². The van der Waals surface area contributed by atoms with E-state index in [4.69, 9.17) is 10.5 Å². The maximum absolute atomic E-state index is 12.5. The maximum Gasteiger partial charge on any atom is 0.222 e. The van der Waals surface area contributed by atoms with Gasteiger partial charge in [-0.1, -0.05) is 60.7 Å². The Bertz CT molecular complexity index is 1130. The van der Waals surface area contributed by atoms with Gasteiger partial charge in [0.2, 0.25) is 5.91 Å². The molecule has 1 amide bonds. The van der Waals surface area contributed by atoms with Crippen molar-refractivity contribution in [3.63, 3.8) is 0 Å². The quantitative estimate of drug-likeness (QED) is 0.422. The van der Waals surface area contributed by atoms with Crippen LogP contribution in [0.25, 0.3) is 0 Å². The fraction of sp³-hybridized carbons (Fsp3) is 0.367. The van der Waals surface area contributed by atoms with Gasteiger partial charge in [0.1, 0.15) is 5.75 Å². The summed E-state index contributed by atoms with van der Waals surface area (Å²) in [6.45, 7) is 2.38. The molecule has 2 bridgehead atoms. The smallest absolute Gasteiger partial charge is 0.222 e. The second-order valence-corrected chi connectivity index (χ2v) is 10.7. The molecule has 5 nitrogen and oxygen atoms in total. The van der Waals surface area contributed by atoms with Crippen LogP contribution in [0.3, 0.4) is 0 Å². The number of carbonyl (C=O) groups is 1. The van der Waals surface area contributed by atoms with Gasteiger partial charge in [-0.2, -0.15) is 0 Å². The molecule has 6 rings (SSSR count). The van der Waals surface area contributed by atoms with Crippen molar-refractivity contribution < 1.29 is 9.53 Å². The summed E-state index contributed by atoms with van der Waals surface area (Å²) in [5.74, 6) is 0.933. The third kappa shape index (κ3) is 4.90. The maximum atomic E-state index is 12.5. The monoisotopic (exact) mass is 501 g/mol. The van der Waals surface area contributed by atoms with Crippen molar-refractivity contribution in [3.8, 4) is 5.75 Å². The number of nitrogens with one attached hydrogen (secondary N) is 1. The normalized spacial score (nSPS) is 25.1. The number of rotatable bonds is 9. The Hall–Kier alpha value is -2.80. The molecule has 3 aliphatic heterocycles. The summed E-state index contributed by atoms with van der Waals surface area (Å²) in [5, 5.41) is 3.91. The van der Waals surface area contributed by atoms with Gasteiger partial charge in [0.05, 0.1) is 13.0 Å². The van der Waals surface area contributed by atoms with Gasteiger partial charge in [-0.15, -0.1) is 11.8 Å². The summed E-state index contributed by atoms with van der Waals surface area (Å²) in [6.07, 6.45) is 3.06. The number of thioether (sulfide) groups is 1. The zero-order valence-corrected chi connectivity index (χ0v) is 21.8. The van der Waals surface area contributed by atoms with Gasteiger partial charge in [-0.25, -0.2) is 0 Å². The molecule has 3 aliphatic rings. The molecule has 0 aliphatic carbocycles. The highest BCUT2D eigenvalue weighted by molar-refractivity contribution is 7.98. The fourth-order valence-corrected chi connectivity index (χ4v) is 6.79. The molecule has 3 saturated heterocycles. The standard InChI is InChI=1S/C30H35N3O2S/c1-35-26-14-13-23(36-2)17-22(26)18-32-28-24-15-16-33(19-25(24)30(31)34)29(28)27(20-9-5-3-6-10-20)21-11-7-4-8-12-21/h3-14,17,24-25,27-29,32H,15-16,18-19H2,1-2H3,(H2,31,34).